The van der Waals surface area contributed by atoms with Crippen molar-refractivity contribution in [3.05, 3.63) is 71.3 Å². The lowest BCUT2D eigenvalue weighted by atomic mass is 10.0. The van der Waals surface area contributed by atoms with E-state index in [0.717, 1.165) is 75.5 Å². The van der Waals surface area contributed by atoms with Crippen LogP contribution in [0.2, 0.25) is 0 Å². The highest BCUT2D eigenvalue weighted by Crippen LogP contribution is 2.35. The molecule has 4 atom stereocenters. The first kappa shape index (κ1) is 38.2. The Hall–Kier alpha value is -6.10. The van der Waals surface area contributed by atoms with Crippen molar-refractivity contribution < 1.29 is 28.7 Å². The molecule has 5 aromatic rings. The Labute approximate surface area is 325 Å². The Balaban J connectivity index is 1.09. The molecule has 0 aliphatic carbocycles. The van der Waals surface area contributed by atoms with Crippen LogP contribution in [0.25, 0.3) is 32.8 Å². The number of carbonyl (C=O) groups is 4. The zero-order valence-corrected chi connectivity index (χ0v) is 32.6. The average Bonchev–Trinajstić information content (AvgIpc) is 4.02. The Morgan fingerprint density at radius 1 is 0.714 bits per heavy atom. The molecule has 2 aliphatic rings. The van der Waals surface area contributed by atoms with Crippen LogP contribution < -0.4 is 10.6 Å². The van der Waals surface area contributed by atoms with Crippen LogP contribution in [-0.4, -0.2) is 93.1 Å². The number of benzene rings is 3. The number of imidazole rings is 2. The third-order valence-corrected chi connectivity index (χ3v) is 10.8. The van der Waals surface area contributed by atoms with Gasteiger partial charge in [-0.25, -0.2) is 19.6 Å². The number of hydrogen-bond donors (Lipinski definition) is 4. The number of rotatable bonds is 8. The predicted molar refractivity (Wildman–Crippen MR) is 211 cm³/mol. The molecule has 14 heteroatoms. The molecule has 4 N–H and O–H groups in total. The molecule has 2 fully saturated rings. The fourth-order valence-electron chi connectivity index (χ4n) is 7.85. The van der Waals surface area contributed by atoms with Gasteiger partial charge in [0.1, 0.15) is 23.7 Å². The highest BCUT2D eigenvalue weighted by atomic mass is 16.5. The van der Waals surface area contributed by atoms with Gasteiger partial charge in [-0.2, -0.15) is 0 Å². The van der Waals surface area contributed by atoms with Crippen molar-refractivity contribution in [1.82, 2.24) is 40.4 Å². The van der Waals surface area contributed by atoms with E-state index in [-0.39, 0.29) is 35.7 Å². The second-order valence-electron chi connectivity index (χ2n) is 15.2. The SMILES string of the molecule is COC(=O)N[C@H](C(=O)N1CCC[C@H]1c1nc2ccc(C#Cc3ccc4c(ccc5[nH]c([C@@H]6CCCN6C(=O)[C@@H](NC(=O)OC)C(C)C)nc54)c3)cc2[nH]1)C(C)C. The minimum absolute atomic E-state index is 0.115. The van der Waals surface area contributed by atoms with Crippen molar-refractivity contribution >= 4 is 56.8 Å². The number of ether oxygens (including phenoxy) is 2. The summed E-state index contributed by atoms with van der Waals surface area (Å²) < 4.78 is 9.53. The monoisotopic (exact) mass is 760 g/mol. The average molecular weight is 761 g/mol. The number of carbonyl (C=O) groups excluding carboxylic acids is 4. The van der Waals surface area contributed by atoms with E-state index in [1.165, 1.54) is 14.2 Å². The fourth-order valence-corrected chi connectivity index (χ4v) is 7.85. The lowest BCUT2D eigenvalue weighted by Crippen LogP contribution is -2.51. The minimum Gasteiger partial charge on any atom is -0.453 e. The predicted octanol–water partition coefficient (Wildman–Crippen LogP) is 6.08. The van der Waals surface area contributed by atoms with Crippen LogP contribution >= 0.6 is 0 Å². The molecule has 56 heavy (non-hydrogen) atoms. The zero-order valence-electron chi connectivity index (χ0n) is 32.6. The molecule has 2 saturated heterocycles. The quantitative estimate of drug-likeness (QED) is 0.138. The van der Waals surface area contributed by atoms with E-state index in [9.17, 15) is 19.2 Å². The second kappa shape index (κ2) is 15.9. The lowest BCUT2D eigenvalue weighted by molar-refractivity contribution is -0.136. The number of nitrogens with one attached hydrogen (secondary N) is 4. The lowest BCUT2D eigenvalue weighted by Gasteiger charge is -2.29. The van der Waals surface area contributed by atoms with E-state index in [0.29, 0.717) is 18.9 Å². The molecule has 0 saturated carbocycles. The van der Waals surface area contributed by atoms with Gasteiger partial charge in [-0.05, 0) is 79.3 Å². The maximum atomic E-state index is 13.6. The van der Waals surface area contributed by atoms with E-state index in [4.69, 9.17) is 19.4 Å². The van der Waals surface area contributed by atoms with Crippen molar-refractivity contribution in [2.75, 3.05) is 27.3 Å². The van der Waals surface area contributed by atoms with Gasteiger partial charge >= 0.3 is 12.2 Å². The third kappa shape index (κ3) is 7.58. The van der Waals surface area contributed by atoms with Crippen LogP contribution in [0.1, 0.15) is 88.2 Å². The van der Waals surface area contributed by atoms with Crippen LogP contribution in [0.4, 0.5) is 9.59 Å². The molecule has 0 unspecified atom stereocenters. The number of fused-ring (bicyclic) bond motifs is 4. The Kier molecular flexibility index (Phi) is 10.9. The number of methoxy groups -OCH3 is 2. The smallest absolute Gasteiger partial charge is 0.407 e. The van der Waals surface area contributed by atoms with Crippen molar-refractivity contribution in [3.63, 3.8) is 0 Å². The van der Waals surface area contributed by atoms with Gasteiger partial charge in [0.2, 0.25) is 11.8 Å². The summed E-state index contributed by atoms with van der Waals surface area (Å²) in [6.07, 6.45) is 1.95. The van der Waals surface area contributed by atoms with Gasteiger partial charge in [-0.1, -0.05) is 51.7 Å². The van der Waals surface area contributed by atoms with Crippen molar-refractivity contribution in [1.29, 1.82) is 0 Å². The molecule has 0 radical (unpaired) electrons. The number of alkyl carbamates (subject to hydrolysis) is 2. The zero-order chi connectivity index (χ0) is 39.7. The van der Waals surface area contributed by atoms with Crippen molar-refractivity contribution in [2.24, 2.45) is 11.8 Å². The van der Waals surface area contributed by atoms with Gasteiger partial charge < -0.3 is 39.9 Å². The number of amides is 4. The largest absolute Gasteiger partial charge is 0.453 e. The van der Waals surface area contributed by atoms with E-state index in [1.54, 1.807) is 4.90 Å². The van der Waals surface area contributed by atoms with Gasteiger partial charge in [-0.3, -0.25) is 9.59 Å². The summed E-state index contributed by atoms with van der Waals surface area (Å²) in [5.41, 5.74) is 4.99. The molecular formula is C42H48N8O6. The molecule has 14 nitrogen and oxygen atoms in total. The summed E-state index contributed by atoms with van der Waals surface area (Å²) in [4.78, 5) is 71.6. The maximum Gasteiger partial charge on any atom is 0.407 e. The summed E-state index contributed by atoms with van der Waals surface area (Å²) in [6, 6.07) is 14.1. The molecule has 2 aromatic heterocycles. The van der Waals surface area contributed by atoms with E-state index in [1.807, 2.05) is 81.1 Å². The van der Waals surface area contributed by atoms with E-state index < -0.39 is 24.3 Å². The summed E-state index contributed by atoms with van der Waals surface area (Å²) >= 11 is 0. The fraction of sp³-hybridized carbons (Fsp3) is 0.429. The molecular weight excluding hydrogens is 713 g/mol. The molecule has 0 spiro atoms. The Bertz CT molecular complexity index is 2370. The highest BCUT2D eigenvalue weighted by molar-refractivity contribution is 6.04. The minimum atomic E-state index is -0.700. The Morgan fingerprint density at radius 2 is 1.25 bits per heavy atom. The van der Waals surface area contributed by atoms with Crippen molar-refractivity contribution in [3.8, 4) is 11.8 Å². The highest BCUT2D eigenvalue weighted by Gasteiger charge is 2.39. The molecule has 292 valence electrons. The third-order valence-electron chi connectivity index (χ3n) is 10.8. The van der Waals surface area contributed by atoms with Crippen molar-refractivity contribution in [2.45, 2.75) is 77.5 Å². The van der Waals surface area contributed by atoms with Crippen LogP contribution in [-0.2, 0) is 19.1 Å². The first-order chi connectivity index (χ1) is 26.9. The van der Waals surface area contributed by atoms with Gasteiger partial charge in [-0.15, -0.1) is 0 Å². The number of aromatic amines is 2. The molecule has 7 rings (SSSR count). The van der Waals surface area contributed by atoms with Gasteiger partial charge in [0.15, 0.2) is 0 Å². The molecule has 2 aliphatic heterocycles. The molecule has 3 aromatic carbocycles. The number of likely N-dealkylation sites (tertiary alicyclic amines) is 2. The van der Waals surface area contributed by atoms with E-state index in [2.05, 4.69) is 32.4 Å². The first-order valence-corrected chi connectivity index (χ1v) is 19.2. The topological polar surface area (TPSA) is 175 Å². The summed E-state index contributed by atoms with van der Waals surface area (Å²) in [7, 11) is 2.57. The number of aromatic nitrogens is 4. The summed E-state index contributed by atoms with van der Waals surface area (Å²) in [5.74, 6) is 7.51. The molecule has 4 heterocycles. The van der Waals surface area contributed by atoms with E-state index >= 15 is 0 Å². The van der Waals surface area contributed by atoms with Gasteiger partial charge in [0.25, 0.3) is 0 Å². The van der Waals surface area contributed by atoms with Crippen LogP contribution in [0, 0.1) is 23.7 Å². The maximum absolute atomic E-state index is 13.6. The molecule has 0 bridgehead atoms. The number of nitrogens with zero attached hydrogens (tertiary/aromatic N) is 4. The summed E-state index contributed by atoms with van der Waals surface area (Å²) in [5, 5.41) is 7.37. The van der Waals surface area contributed by atoms with Crippen LogP contribution in [0.5, 0.6) is 0 Å². The Morgan fingerprint density at radius 3 is 1.82 bits per heavy atom. The summed E-state index contributed by atoms with van der Waals surface area (Å²) in [6.45, 7) is 8.76. The normalized spacial score (nSPS) is 18.0. The number of H-pyrrole nitrogens is 2. The first-order valence-electron chi connectivity index (χ1n) is 19.2. The van der Waals surface area contributed by atoms with Crippen LogP contribution in [0.15, 0.2) is 48.5 Å². The number of hydrogen-bond acceptors (Lipinski definition) is 8. The molecule has 4 amide bonds. The standard InChI is InChI=1S/C42H48N8O6/c1-23(2)34(47-41(53)55-5)39(51)49-19-7-9-32(49)37-43-29-17-14-26(22-31(29)45-37)12-11-25-13-16-28-27(21-25)15-18-30-36(28)46-38(44-30)33-10-8-20-50(33)40(52)35(24(3)4)48-42(54)56-6/h13-18,21-24,32-35H,7-10,19-20H2,1-6H3,(H,43,45)(H,44,46)(H,47,53)(H,48,54)/t32-,33-,34-,35-/m0/s1. The van der Waals surface area contributed by atoms with Gasteiger partial charge in [0, 0.05) is 29.6 Å². The van der Waals surface area contributed by atoms with Gasteiger partial charge in [0.05, 0.1) is 48.4 Å². The second-order valence-corrected chi connectivity index (χ2v) is 15.2. The van der Waals surface area contributed by atoms with Crippen LogP contribution in [0.3, 0.4) is 0 Å².